The lowest BCUT2D eigenvalue weighted by atomic mass is 10.3. The van der Waals surface area contributed by atoms with Crippen molar-refractivity contribution in [3.05, 3.63) is 5.01 Å². The van der Waals surface area contributed by atoms with Crippen molar-refractivity contribution < 1.29 is 13.2 Å². The minimum atomic E-state index is -4.40. The van der Waals surface area contributed by atoms with E-state index in [4.69, 9.17) is 0 Å². The number of rotatable bonds is 3. The molecular weight excluding hydrogens is 265 g/mol. The van der Waals surface area contributed by atoms with E-state index >= 15 is 0 Å². The van der Waals surface area contributed by atoms with E-state index in [-0.39, 0.29) is 11.2 Å². The number of alkyl halides is 3. The molecular formula is C10H13F3N4S. The summed E-state index contributed by atoms with van der Waals surface area (Å²) in [6.45, 7) is 1.92. The van der Waals surface area contributed by atoms with Gasteiger partial charge in [-0.3, -0.25) is 4.90 Å². The van der Waals surface area contributed by atoms with Crippen molar-refractivity contribution in [1.29, 1.82) is 0 Å². The van der Waals surface area contributed by atoms with E-state index in [0.717, 1.165) is 19.5 Å². The second-order valence-corrected chi connectivity index (χ2v) is 5.74. The molecule has 0 aromatic carbocycles. The maximum absolute atomic E-state index is 12.4. The molecule has 8 heteroatoms. The molecule has 1 unspecified atom stereocenters. The zero-order valence-electron chi connectivity index (χ0n) is 9.57. The molecule has 0 amide bonds. The summed E-state index contributed by atoms with van der Waals surface area (Å²) < 4.78 is 37.1. The van der Waals surface area contributed by atoms with Gasteiger partial charge < -0.3 is 5.32 Å². The Kier molecular flexibility index (Phi) is 2.93. The average molecular weight is 278 g/mol. The Morgan fingerprint density at radius 2 is 2.00 bits per heavy atom. The molecule has 1 saturated carbocycles. The standard InChI is InChI=1S/C10H13F3N4S/c11-10(12,13)8-15-16-9(18-8)14-6-3-4-17(5-6)7-1-2-7/h6-7H,1-5H2,(H,14,16). The van der Waals surface area contributed by atoms with Gasteiger partial charge in [-0.15, -0.1) is 10.2 Å². The van der Waals surface area contributed by atoms with Crippen LogP contribution in [0.25, 0.3) is 0 Å². The van der Waals surface area contributed by atoms with Gasteiger partial charge >= 0.3 is 6.18 Å². The van der Waals surface area contributed by atoms with Gasteiger partial charge in [-0.25, -0.2) is 0 Å². The number of halogens is 3. The summed E-state index contributed by atoms with van der Waals surface area (Å²) in [5.41, 5.74) is 0. The van der Waals surface area contributed by atoms with Crippen molar-refractivity contribution in [2.24, 2.45) is 0 Å². The zero-order chi connectivity index (χ0) is 12.8. The summed E-state index contributed by atoms with van der Waals surface area (Å²) >= 11 is 0.575. The van der Waals surface area contributed by atoms with Crippen molar-refractivity contribution in [2.75, 3.05) is 18.4 Å². The van der Waals surface area contributed by atoms with Gasteiger partial charge in [0.1, 0.15) is 0 Å². The Labute approximate surface area is 106 Å². The second kappa shape index (κ2) is 4.34. The Morgan fingerprint density at radius 3 is 2.61 bits per heavy atom. The van der Waals surface area contributed by atoms with Crippen LogP contribution in [0, 0.1) is 0 Å². The van der Waals surface area contributed by atoms with Gasteiger partial charge in [0.05, 0.1) is 0 Å². The average Bonchev–Trinajstić information content (AvgIpc) is 2.85. The van der Waals surface area contributed by atoms with Crippen LogP contribution in [-0.2, 0) is 6.18 Å². The minimum Gasteiger partial charge on any atom is -0.356 e. The molecule has 0 bridgehead atoms. The fourth-order valence-corrected chi connectivity index (χ4v) is 2.93. The number of nitrogens with zero attached hydrogens (tertiary/aromatic N) is 3. The summed E-state index contributed by atoms with van der Waals surface area (Å²) in [4.78, 5) is 2.39. The molecule has 100 valence electrons. The second-order valence-electron chi connectivity index (χ2n) is 4.77. The van der Waals surface area contributed by atoms with Crippen LogP contribution < -0.4 is 5.32 Å². The zero-order valence-corrected chi connectivity index (χ0v) is 10.4. The number of likely N-dealkylation sites (tertiary alicyclic amines) is 1. The molecule has 1 aliphatic heterocycles. The van der Waals surface area contributed by atoms with Gasteiger partial charge in [0, 0.05) is 25.2 Å². The first-order valence-electron chi connectivity index (χ1n) is 5.93. The summed E-state index contributed by atoms with van der Waals surface area (Å²) in [6.07, 6.45) is -0.932. The largest absolute Gasteiger partial charge is 0.445 e. The van der Waals surface area contributed by atoms with E-state index in [1.54, 1.807) is 0 Å². The fraction of sp³-hybridized carbons (Fsp3) is 0.800. The summed E-state index contributed by atoms with van der Waals surface area (Å²) in [7, 11) is 0. The quantitative estimate of drug-likeness (QED) is 0.920. The van der Waals surface area contributed by atoms with Crippen LogP contribution >= 0.6 is 11.3 Å². The summed E-state index contributed by atoms with van der Waals surface area (Å²) in [6, 6.07) is 0.900. The molecule has 1 N–H and O–H groups in total. The Balaban J connectivity index is 1.58. The van der Waals surface area contributed by atoms with Gasteiger partial charge in [0.25, 0.3) is 0 Å². The Bertz CT molecular complexity index is 429. The number of aromatic nitrogens is 2. The Morgan fingerprint density at radius 1 is 1.22 bits per heavy atom. The third kappa shape index (κ3) is 2.59. The van der Waals surface area contributed by atoms with Crippen molar-refractivity contribution in [3.8, 4) is 0 Å². The fourth-order valence-electron chi connectivity index (χ4n) is 2.25. The van der Waals surface area contributed by atoms with Crippen LogP contribution in [-0.4, -0.2) is 40.3 Å². The van der Waals surface area contributed by atoms with Crippen LogP contribution in [0.2, 0.25) is 0 Å². The molecule has 2 heterocycles. The first-order chi connectivity index (χ1) is 8.52. The van der Waals surface area contributed by atoms with Crippen LogP contribution in [0.1, 0.15) is 24.3 Å². The van der Waals surface area contributed by atoms with E-state index in [1.807, 2.05) is 0 Å². The monoisotopic (exact) mass is 278 g/mol. The van der Waals surface area contributed by atoms with Gasteiger partial charge in [-0.05, 0) is 19.3 Å². The lowest BCUT2D eigenvalue weighted by Gasteiger charge is -2.14. The van der Waals surface area contributed by atoms with Crippen molar-refractivity contribution in [1.82, 2.24) is 15.1 Å². The number of hydrogen-bond donors (Lipinski definition) is 1. The van der Waals surface area contributed by atoms with E-state index in [2.05, 4.69) is 20.4 Å². The van der Waals surface area contributed by atoms with Gasteiger partial charge in [-0.2, -0.15) is 13.2 Å². The maximum Gasteiger partial charge on any atom is 0.445 e. The van der Waals surface area contributed by atoms with Gasteiger partial charge in [0.2, 0.25) is 10.1 Å². The van der Waals surface area contributed by atoms with Gasteiger partial charge in [0.15, 0.2) is 0 Å². The topological polar surface area (TPSA) is 41.1 Å². The van der Waals surface area contributed by atoms with Crippen LogP contribution in [0.15, 0.2) is 0 Å². The molecule has 2 fully saturated rings. The number of hydrogen-bond acceptors (Lipinski definition) is 5. The lowest BCUT2D eigenvalue weighted by molar-refractivity contribution is -0.138. The lowest BCUT2D eigenvalue weighted by Crippen LogP contribution is -2.27. The van der Waals surface area contributed by atoms with Crippen LogP contribution in [0.3, 0.4) is 0 Å². The predicted molar refractivity (Wildman–Crippen MR) is 61.5 cm³/mol. The number of anilines is 1. The van der Waals surface area contributed by atoms with Crippen LogP contribution in [0.4, 0.5) is 18.3 Å². The molecule has 18 heavy (non-hydrogen) atoms. The highest BCUT2D eigenvalue weighted by atomic mass is 32.1. The van der Waals surface area contributed by atoms with Crippen LogP contribution in [0.5, 0.6) is 0 Å². The minimum absolute atomic E-state index is 0.194. The highest BCUT2D eigenvalue weighted by Crippen LogP contribution is 2.34. The molecule has 1 saturated heterocycles. The maximum atomic E-state index is 12.4. The smallest absolute Gasteiger partial charge is 0.356 e. The molecule has 0 radical (unpaired) electrons. The first kappa shape index (κ1) is 12.2. The summed E-state index contributed by atoms with van der Waals surface area (Å²) in [5.74, 6) is 0. The van der Waals surface area contributed by atoms with Gasteiger partial charge in [-0.1, -0.05) is 11.3 Å². The van der Waals surface area contributed by atoms with Crippen molar-refractivity contribution in [2.45, 2.75) is 37.5 Å². The molecule has 3 rings (SSSR count). The van der Waals surface area contributed by atoms with Crippen molar-refractivity contribution >= 4 is 16.5 Å². The first-order valence-corrected chi connectivity index (χ1v) is 6.75. The molecule has 2 aliphatic rings. The SMILES string of the molecule is FC(F)(F)c1nnc(NC2CCN(C3CC3)C2)s1. The summed E-state index contributed by atoms with van der Waals surface area (Å²) in [5, 5.41) is 9.14. The third-order valence-corrected chi connectivity index (χ3v) is 4.18. The van der Waals surface area contributed by atoms with Crippen molar-refractivity contribution in [3.63, 3.8) is 0 Å². The Hall–Kier alpha value is -0.890. The highest BCUT2D eigenvalue weighted by Gasteiger charge is 2.37. The molecule has 1 aliphatic carbocycles. The molecule has 4 nitrogen and oxygen atoms in total. The molecule has 1 atom stereocenters. The van der Waals surface area contributed by atoms with E-state index < -0.39 is 11.2 Å². The van der Waals surface area contributed by atoms with E-state index in [0.29, 0.717) is 17.4 Å². The molecule has 0 spiro atoms. The highest BCUT2D eigenvalue weighted by molar-refractivity contribution is 7.15. The van der Waals surface area contributed by atoms with E-state index in [9.17, 15) is 13.2 Å². The predicted octanol–water partition coefficient (Wildman–Crippen LogP) is 2.21. The van der Waals surface area contributed by atoms with E-state index in [1.165, 1.54) is 12.8 Å². The third-order valence-electron chi connectivity index (χ3n) is 3.28. The molecule has 1 aromatic rings. The molecule has 1 aromatic heterocycles. The normalized spacial score (nSPS) is 25.6. The number of nitrogens with one attached hydrogen (secondary N) is 1.